The van der Waals surface area contributed by atoms with Crippen LogP contribution in [-0.2, 0) is 9.53 Å². The summed E-state index contributed by atoms with van der Waals surface area (Å²) in [5, 5.41) is 3.19. The molecule has 86 valence electrons. The number of esters is 1. The van der Waals surface area contributed by atoms with Crippen LogP contribution in [-0.4, -0.2) is 25.2 Å². The smallest absolute Gasteiger partial charge is 0.309 e. The van der Waals surface area contributed by atoms with Gasteiger partial charge in [0.15, 0.2) is 0 Å². The Morgan fingerprint density at radius 1 is 1.27 bits per heavy atom. The normalized spacial score (nSPS) is 25.7. The molecular formula is C12H21NO2. The van der Waals surface area contributed by atoms with Crippen molar-refractivity contribution in [3.05, 3.63) is 0 Å². The molecule has 3 nitrogen and oxygen atoms in total. The van der Waals surface area contributed by atoms with Crippen molar-refractivity contribution in [1.29, 1.82) is 0 Å². The van der Waals surface area contributed by atoms with Gasteiger partial charge in [-0.1, -0.05) is 13.3 Å². The highest BCUT2D eigenvalue weighted by atomic mass is 16.5. The number of hydrogen-bond donors (Lipinski definition) is 1. The third-order valence-electron chi connectivity index (χ3n) is 3.73. The maximum Gasteiger partial charge on any atom is 0.309 e. The number of carbonyl (C=O) groups excluding carboxylic acids is 1. The summed E-state index contributed by atoms with van der Waals surface area (Å²) in [6.45, 7) is 3.94. The van der Waals surface area contributed by atoms with Crippen LogP contribution in [0.4, 0.5) is 0 Å². The van der Waals surface area contributed by atoms with Crippen molar-refractivity contribution in [3.8, 4) is 0 Å². The number of hydrogen-bond acceptors (Lipinski definition) is 3. The van der Waals surface area contributed by atoms with Crippen LogP contribution in [0.3, 0.4) is 0 Å². The van der Waals surface area contributed by atoms with Gasteiger partial charge in [0.05, 0.1) is 5.92 Å². The van der Waals surface area contributed by atoms with Crippen LogP contribution >= 0.6 is 0 Å². The average Bonchev–Trinajstić information content (AvgIpc) is 2.16. The van der Waals surface area contributed by atoms with E-state index in [1.807, 2.05) is 6.92 Å². The van der Waals surface area contributed by atoms with Crippen LogP contribution in [0, 0.1) is 11.8 Å². The van der Waals surface area contributed by atoms with E-state index in [2.05, 4.69) is 5.32 Å². The first-order valence-corrected chi connectivity index (χ1v) is 6.18. The SMILES string of the molecule is CC(C(=O)OC1CCCCC1)C1CNC1. The summed E-state index contributed by atoms with van der Waals surface area (Å²) in [5.41, 5.74) is 0. The molecule has 1 unspecified atom stereocenters. The van der Waals surface area contributed by atoms with E-state index in [4.69, 9.17) is 4.74 Å². The summed E-state index contributed by atoms with van der Waals surface area (Å²) >= 11 is 0. The highest BCUT2D eigenvalue weighted by Crippen LogP contribution is 2.23. The monoisotopic (exact) mass is 211 g/mol. The maximum absolute atomic E-state index is 11.8. The molecule has 0 aromatic carbocycles. The number of nitrogens with one attached hydrogen (secondary N) is 1. The molecule has 1 atom stereocenters. The standard InChI is InChI=1S/C12H21NO2/c1-9(10-7-13-8-10)12(14)15-11-5-3-2-4-6-11/h9-11,13H,2-8H2,1H3. The van der Waals surface area contributed by atoms with Gasteiger partial charge in [-0.2, -0.15) is 0 Å². The zero-order valence-corrected chi connectivity index (χ0v) is 9.50. The van der Waals surface area contributed by atoms with Crippen molar-refractivity contribution in [2.45, 2.75) is 45.1 Å². The first kappa shape index (κ1) is 10.9. The molecule has 15 heavy (non-hydrogen) atoms. The fourth-order valence-corrected chi connectivity index (χ4v) is 2.31. The lowest BCUT2D eigenvalue weighted by Gasteiger charge is -2.32. The molecule has 1 saturated carbocycles. The molecule has 2 fully saturated rings. The zero-order valence-electron chi connectivity index (χ0n) is 9.50. The molecule has 2 rings (SSSR count). The van der Waals surface area contributed by atoms with Crippen molar-refractivity contribution >= 4 is 5.97 Å². The van der Waals surface area contributed by atoms with Crippen molar-refractivity contribution in [2.24, 2.45) is 11.8 Å². The molecule has 0 aromatic heterocycles. The van der Waals surface area contributed by atoms with Crippen LogP contribution in [0.25, 0.3) is 0 Å². The van der Waals surface area contributed by atoms with Crippen LogP contribution in [0.2, 0.25) is 0 Å². The Labute approximate surface area is 91.6 Å². The highest BCUT2D eigenvalue weighted by molar-refractivity contribution is 5.72. The zero-order chi connectivity index (χ0) is 10.7. The third kappa shape index (κ3) is 2.71. The number of ether oxygens (including phenoxy) is 1. The topological polar surface area (TPSA) is 38.3 Å². The van der Waals surface area contributed by atoms with Crippen molar-refractivity contribution in [1.82, 2.24) is 5.32 Å². The lowest BCUT2D eigenvalue weighted by atomic mass is 9.89. The molecular weight excluding hydrogens is 190 g/mol. The second kappa shape index (κ2) is 4.97. The van der Waals surface area contributed by atoms with Crippen LogP contribution < -0.4 is 5.32 Å². The molecule has 0 radical (unpaired) electrons. The van der Waals surface area contributed by atoms with E-state index in [0.29, 0.717) is 5.92 Å². The van der Waals surface area contributed by atoms with Gasteiger partial charge in [-0.15, -0.1) is 0 Å². The van der Waals surface area contributed by atoms with Crippen molar-refractivity contribution in [2.75, 3.05) is 13.1 Å². The molecule has 1 aliphatic heterocycles. The quantitative estimate of drug-likeness (QED) is 0.722. The van der Waals surface area contributed by atoms with E-state index in [9.17, 15) is 4.79 Å². The summed E-state index contributed by atoms with van der Waals surface area (Å²) in [7, 11) is 0. The summed E-state index contributed by atoms with van der Waals surface area (Å²) in [4.78, 5) is 11.8. The fourth-order valence-electron chi connectivity index (χ4n) is 2.31. The van der Waals surface area contributed by atoms with Crippen LogP contribution in [0.5, 0.6) is 0 Å². The van der Waals surface area contributed by atoms with E-state index in [-0.39, 0.29) is 18.0 Å². The van der Waals surface area contributed by atoms with E-state index in [1.54, 1.807) is 0 Å². The van der Waals surface area contributed by atoms with Gasteiger partial charge >= 0.3 is 5.97 Å². The summed E-state index contributed by atoms with van der Waals surface area (Å²) in [5.74, 6) is 0.600. The molecule has 1 N–H and O–H groups in total. The van der Waals surface area contributed by atoms with E-state index in [0.717, 1.165) is 25.9 Å². The van der Waals surface area contributed by atoms with Gasteiger partial charge in [0, 0.05) is 0 Å². The molecule has 1 saturated heterocycles. The van der Waals surface area contributed by atoms with Gasteiger partial charge in [0.1, 0.15) is 6.10 Å². The minimum absolute atomic E-state index is 0.0217. The second-order valence-corrected chi connectivity index (χ2v) is 4.90. The van der Waals surface area contributed by atoms with E-state index < -0.39 is 0 Å². The van der Waals surface area contributed by atoms with Crippen molar-refractivity contribution in [3.63, 3.8) is 0 Å². The molecule has 1 heterocycles. The van der Waals surface area contributed by atoms with Crippen LogP contribution in [0.15, 0.2) is 0 Å². The Morgan fingerprint density at radius 2 is 1.93 bits per heavy atom. The minimum atomic E-state index is 0.0217. The fraction of sp³-hybridized carbons (Fsp3) is 0.917. The highest BCUT2D eigenvalue weighted by Gasteiger charge is 2.31. The van der Waals surface area contributed by atoms with Gasteiger partial charge in [-0.3, -0.25) is 4.79 Å². The Kier molecular flexibility index (Phi) is 3.62. The second-order valence-electron chi connectivity index (χ2n) is 4.90. The summed E-state index contributed by atoms with van der Waals surface area (Å²) in [6, 6.07) is 0. The third-order valence-corrected chi connectivity index (χ3v) is 3.73. The Morgan fingerprint density at radius 3 is 2.47 bits per heavy atom. The Balaban J connectivity index is 1.74. The average molecular weight is 211 g/mol. The molecule has 0 bridgehead atoms. The van der Waals surface area contributed by atoms with Gasteiger partial charge in [0.25, 0.3) is 0 Å². The lowest BCUT2D eigenvalue weighted by Crippen LogP contribution is -2.48. The predicted molar refractivity (Wildman–Crippen MR) is 58.5 cm³/mol. The van der Waals surface area contributed by atoms with Gasteiger partial charge < -0.3 is 10.1 Å². The van der Waals surface area contributed by atoms with Crippen LogP contribution in [0.1, 0.15) is 39.0 Å². The van der Waals surface area contributed by atoms with Gasteiger partial charge in [-0.25, -0.2) is 0 Å². The Bertz CT molecular complexity index is 220. The molecule has 3 heteroatoms. The van der Waals surface area contributed by atoms with E-state index in [1.165, 1.54) is 19.3 Å². The number of rotatable bonds is 3. The molecule has 2 aliphatic rings. The molecule has 0 amide bonds. The largest absolute Gasteiger partial charge is 0.462 e. The first-order chi connectivity index (χ1) is 7.27. The van der Waals surface area contributed by atoms with E-state index >= 15 is 0 Å². The molecule has 0 spiro atoms. The maximum atomic E-state index is 11.8. The minimum Gasteiger partial charge on any atom is -0.462 e. The van der Waals surface area contributed by atoms with Crippen molar-refractivity contribution < 1.29 is 9.53 Å². The summed E-state index contributed by atoms with van der Waals surface area (Å²) < 4.78 is 5.54. The number of carbonyl (C=O) groups is 1. The Hall–Kier alpha value is -0.570. The first-order valence-electron chi connectivity index (χ1n) is 6.18. The predicted octanol–water partition coefficient (Wildman–Crippen LogP) is 1.72. The molecule has 0 aromatic rings. The summed E-state index contributed by atoms with van der Waals surface area (Å²) in [6.07, 6.45) is 6.09. The molecule has 1 aliphatic carbocycles. The lowest BCUT2D eigenvalue weighted by molar-refractivity contribution is -0.157. The van der Waals surface area contributed by atoms with Gasteiger partial charge in [-0.05, 0) is 44.7 Å². The van der Waals surface area contributed by atoms with Gasteiger partial charge in [0.2, 0.25) is 0 Å².